The number of benzene rings is 1. The molecule has 0 aliphatic heterocycles. The van der Waals surface area contributed by atoms with Gasteiger partial charge in [-0.2, -0.15) is 5.10 Å². The number of hydrogen-bond donors (Lipinski definition) is 1. The molecule has 25 heavy (non-hydrogen) atoms. The van der Waals surface area contributed by atoms with Gasteiger partial charge in [0, 0.05) is 0 Å². The second-order valence-electron chi connectivity index (χ2n) is 6.76. The molecule has 1 amide bonds. The molecule has 1 aromatic carbocycles. The summed E-state index contributed by atoms with van der Waals surface area (Å²) in [7, 11) is 0. The summed E-state index contributed by atoms with van der Waals surface area (Å²) in [6.45, 7) is 8.31. The van der Waals surface area contributed by atoms with Crippen LogP contribution in [0.15, 0.2) is 36.7 Å². The maximum absolute atomic E-state index is 12.3. The number of rotatable bonds is 7. The molecule has 0 saturated carbocycles. The van der Waals surface area contributed by atoms with Crippen LogP contribution in [0.3, 0.4) is 0 Å². The lowest BCUT2D eigenvalue weighted by Crippen LogP contribution is -2.34. The molecule has 1 atom stereocenters. The van der Waals surface area contributed by atoms with E-state index in [1.165, 1.54) is 16.4 Å². The molecule has 0 fully saturated rings. The van der Waals surface area contributed by atoms with E-state index in [9.17, 15) is 14.9 Å². The van der Waals surface area contributed by atoms with Gasteiger partial charge in [0.15, 0.2) is 0 Å². The molecule has 1 heterocycles. The first kappa shape index (κ1) is 18.6. The largest absolute Gasteiger partial charge is 0.347 e. The lowest BCUT2D eigenvalue weighted by atomic mass is 9.93. The van der Waals surface area contributed by atoms with Crippen LogP contribution < -0.4 is 5.32 Å². The third-order valence-electron chi connectivity index (χ3n) is 4.08. The van der Waals surface area contributed by atoms with Gasteiger partial charge in [0.25, 0.3) is 0 Å². The van der Waals surface area contributed by atoms with Gasteiger partial charge in [-0.1, -0.05) is 52.0 Å². The molecule has 0 bridgehead atoms. The normalized spacial score (nSPS) is 12.4. The first-order valence-corrected chi connectivity index (χ1v) is 8.34. The molecule has 2 aromatic rings. The van der Waals surface area contributed by atoms with Gasteiger partial charge in [0.05, 0.1) is 11.0 Å². The Morgan fingerprint density at radius 1 is 1.20 bits per heavy atom. The summed E-state index contributed by atoms with van der Waals surface area (Å²) >= 11 is 0. The summed E-state index contributed by atoms with van der Waals surface area (Å²) < 4.78 is 1.27. The minimum Gasteiger partial charge on any atom is -0.347 e. The lowest BCUT2D eigenvalue weighted by Gasteiger charge is -2.23. The van der Waals surface area contributed by atoms with Crippen molar-refractivity contribution in [1.29, 1.82) is 0 Å². The fourth-order valence-electron chi connectivity index (χ4n) is 2.62. The molecular formula is C18H24N4O3. The first-order chi connectivity index (χ1) is 11.8. The highest BCUT2D eigenvalue weighted by atomic mass is 16.6. The van der Waals surface area contributed by atoms with Crippen LogP contribution >= 0.6 is 0 Å². The number of aromatic nitrogens is 2. The van der Waals surface area contributed by atoms with Crippen molar-refractivity contribution in [2.75, 3.05) is 0 Å². The van der Waals surface area contributed by atoms with Crippen molar-refractivity contribution in [3.8, 4) is 0 Å². The molecule has 0 aliphatic carbocycles. The van der Waals surface area contributed by atoms with Crippen molar-refractivity contribution in [1.82, 2.24) is 15.1 Å². The lowest BCUT2D eigenvalue weighted by molar-refractivity contribution is -0.385. The molecular weight excluding hydrogens is 320 g/mol. The fraction of sp³-hybridized carbons (Fsp3) is 0.444. The van der Waals surface area contributed by atoms with Crippen molar-refractivity contribution in [3.63, 3.8) is 0 Å². The highest BCUT2D eigenvalue weighted by Crippen LogP contribution is 2.24. The highest BCUT2D eigenvalue weighted by Gasteiger charge is 2.19. The van der Waals surface area contributed by atoms with Crippen LogP contribution in [0.4, 0.5) is 5.69 Å². The van der Waals surface area contributed by atoms with E-state index in [2.05, 4.69) is 36.4 Å². The van der Waals surface area contributed by atoms with Crippen molar-refractivity contribution in [2.45, 2.75) is 46.2 Å². The molecule has 1 N–H and O–H groups in total. The van der Waals surface area contributed by atoms with Crippen LogP contribution in [0.2, 0.25) is 0 Å². The maximum atomic E-state index is 12.3. The summed E-state index contributed by atoms with van der Waals surface area (Å²) in [6.07, 6.45) is 2.39. The van der Waals surface area contributed by atoms with Crippen LogP contribution in [0.25, 0.3) is 0 Å². The topological polar surface area (TPSA) is 90.1 Å². The summed E-state index contributed by atoms with van der Waals surface area (Å²) in [4.78, 5) is 22.5. The van der Waals surface area contributed by atoms with E-state index in [-0.39, 0.29) is 30.1 Å². The third kappa shape index (κ3) is 4.89. The van der Waals surface area contributed by atoms with Gasteiger partial charge in [0.1, 0.15) is 18.9 Å². The monoisotopic (exact) mass is 344 g/mol. The zero-order chi connectivity index (χ0) is 18.6. The van der Waals surface area contributed by atoms with Crippen LogP contribution in [-0.4, -0.2) is 20.6 Å². The Bertz CT molecular complexity index is 735. The van der Waals surface area contributed by atoms with Crippen molar-refractivity contribution < 1.29 is 9.72 Å². The summed E-state index contributed by atoms with van der Waals surface area (Å²) in [5.74, 6) is 0.433. The Hall–Kier alpha value is -2.70. The second-order valence-corrected chi connectivity index (χ2v) is 6.76. The number of nitro groups is 1. The number of hydrogen-bond acceptors (Lipinski definition) is 4. The van der Waals surface area contributed by atoms with E-state index in [0.717, 1.165) is 11.8 Å². The number of carbonyl (C=O) groups excluding carboxylic acids is 1. The van der Waals surface area contributed by atoms with E-state index in [4.69, 9.17) is 0 Å². The molecule has 7 nitrogen and oxygen atoms in total. The van der Waals surface area contributed by atoms with Crippen LogP contribution in [0.5, 0.6) is 0 Å². The van der Waals surface area contributed by atoms with Crippen LogP contribution in [0.1, 0.15) is 50.8 Å². The molecule has 0 spiro atoms. The van der Waals surface area contributed by atoms with Gasteiger partial charge < -0.3 is 5.32 Å². The summed E-state index contributed by atoms with van der Waals surface area (Å²) in [5.41, 5.74) is 2.16. The van der Waals surface area contributed by atoms with Gasteiger partial charge in [-0.05, 0) is 23.0 Å². The van der Waals surface area contributed by atoms with Gasteiger partial charge in [-0.15, -0.1) is 0 Å². The standard InChI is InChI=1S/C18H24N4O3/c1-12(2)14-5-7-15(8-6-14)18(13(3)4)20-17(23)11-21-10-16(9-19-21)22(24)25/h5-10,12-13,18H,11H2,1-4H3,(H,20,23)/t18-/m1/s1. The molecule has 0 saturated heterocycles. The van der Waals surface area contributed by atoms with E-state index < -0.39 is 4.92 Å². The first-order valence-electron chi connectivity index (χ1n) is 8.34. The predicted molar refractivity (Wildman–Crippen MR) is 95.1 cm³/mol. The van der Waals surface area contributed by atoms with Crippen LogP contribution in [0, 0.1) is 16.0 Å². The van der Waals surface area contributed by atoms with E-state index in [0.29, 0.717) is 5.92 Å². The highest BCUT2D eigenvalue weighted by molar-refractivity contribution is 5.76. The number of nitrogens with zero attached hydrogens (tertiary/aromatic N) is 3. The Kier molecular flexibility index (Phi) is 5.90. The SMILES string of the molecule is CC(C)c1ccc([C@H](NC(=O)Cn2cc([N+](=O)[O-])cn2)C(C)C)cc1. The van der Waals surface area contributed by atoms with Gasteiger partial charge >= 0.3 is 5.69 Å². The molecule has 0 radical (unpaired) electrons. The van der Waals surface area contributed by atoms with E-state index in [1.807, 2.05) is 26.0 Å². The van der Waals surface area contributed by atoms with E-state index in [1.54, 1.807) is 0 Å². The minimum absolute atomic E-state index is 0.0544. The number of amides is 1. The van der Waals surface area contributed by atoms with Crippen molar-refractivity contribution in [2.24, 2.45) is 5.92 Å². The van der Waals surface area contributed by atoms with Gasteiger partial charge in [-0.25, -0.2) is 0 Å². The zero-order valence-electron chi connectivity index (χ0n) is 15.0. The van der Waals surface area contributed by atoms with Crippen molar-refractivity contribution >= 4 is 11.6 Å². The Balaban J connectivity index is 2.07. The van der Waals surface area contributed by atoms with Gasteiger partial charge in [0.2, 0.25) is 5.91 Å². The second kappa shape index (κ2) is 7.92. The smallest absolute Gasteiger partial charge is 0.307 e. The molecule has 1 aromatic heterocycles. The summed E-state index contributed by atoms with van der Waals surface area (Å²) in [6, 6.07) is 8.12. The number of carbonyl (C=O) groups is 1. The van der Waals surface area contributed by atoms with Crippen LogP contribution in [-0.2, 0) is 11.3 Å². The maximum Gasteiger partial charge on any atom is 0.307 e. The Labute approximate surface area is 147 Å². The quantitative estimate of drug-likeness (QED) is 0.615. The molecule has 0 unspecified atom stereocenters. The zero-order valence-corrected chi connectivity index (χ0v) is 15.0. The molecule has 134 valence electrons. The third-order valence-corrected chi connectivity index (χ3v) is 4.08. The Morgan fingerprint density at radius 2 is 1.80 bits per heavy atom. The molecule has 7 heteroatoms. The minimum atomic E-state index is -0.533. The average Bonchev–Trinajstić information content (AvgIpc) is 3.01. The number of nitrogens with one attached hydrogen (secondary N) is 1. The summed E-state index contributed by atoms with van der Waals surface area (Å²) in [5, 5.41) is 17.5. The van der Waals surface area contributed by atoms with Crippen molar-refractivity contribution in [3.05, 3.63) is 57.9 Å². The molecule has 0 aliphatic rings. The van der Waals surface area contributed by atoms with Gasteiger partial charge in [-0.3, -0.25) is 19.6 Å². The Morgan fingerprint density at radius 3 is 2.28 bits per heavy atom. The van der Waals surface area contributed by atoms with E-state index >= 15 is 0 Å². The predicted octanol–water partition coefficient (Wildman–Crippen LogP) is 3.43. The average molecular weight is 344 g/mol. The molecule has 2 rings (SSSR count). The fourth-order valence-corrected chi connectivity index (χ4v) is 2.62.